The lowest BCUT2D eigenvalue weighted by atomic mass is 9.94. The molecule has 0 saturated heterocycles. The van der Waals surface area contributed by atoms with E-state index < -0.39 is 17.7 Å². The minimum Gasteiger partial charge on any atom is -0.460 e. The standard InChI is InChI=1S/C35H39FN2O4/c1-23(2)32-31(34(41)37-27-14-10-7-11-15-27)30(24-12-8-6-9-13-24)33(25-16-18-26(36)19-17-25)38(32)21-20-28(39)22-29(40)42-35(3,4)5/h6-19,23,28,39H,20-22H2,1-5H3,(H,37,41)/t28-/m1/s1. The van der Waals surface area contributed by atoms with Gasteiger partial charge in [-0.25, -0.2) is 4.39 Å². The fourth-order valence-electron chi connectivity index (χ4n) is 5.16. The molecule has 3 aromatic carbocycles. The minimum absolute atomic E-state index is 0.0822. The van der Waals surface area contributed by atoms with Crippen molar-refractivity contribution >= 4 is 17.6 Å². The first-order chi connectivity index (χ1) is 19.9. The second-order valence-electron chi connectivity index (χ2n) is 11.7. The summed E-state index contributed by atoms with van der Waals surface area (Å²) in [5.41, 5.74) is 4.35. The first-order valence-corrected chi connectivity index (χ1v) is 14.3. The van der Waals surface area contributed by atoms with Gasteiger partial charge in [0.05, 0.1) is 23.8 Å². The predicted octanol–water partition coefficient (Wildman–Crippen LogP) is 7.82. The lowest BCUT2D eigenvalue weighted by Crippen LogP contribution is -2.27. The molecule has 42 heavy (non-hydrogen) atoms. The molecule has 7 heteroatoms. The summed E-state index contributed by atoms with van der Waals surface area (Å²) in [7, 11) is 0. The summed E-state index contributed by atoms with van der Waals surface area (Å²) in [4.78, 5) is 26.5. The first kappa shape index (κ1) is 30.7. The number of amides is 1. The molecule has 0 aliphatic heterocycles. The summed E-state index contributed by atoms with van der Waals surface area (Å²) in [5.74, 6) is -1.18. The largest absolute Gasteiger partial charge is 0.460 e. The number of aromatic nitrogens is 1. The molecule has 4 rings (SSSR count). The summed E-state index contributed by atoms with van der Waals surface area (Å²) in [6.45, 7) is 9.72. The van der Waals surface area contributed by atoms with Crippen LogP contribution >= 0.6 is 0 Å². The number of halogens is 1. The number of aliphatic hydroxyl groups excluding tert-OH is 1. The smallest absolute Gasteiger partial charge is 0.308 e. The average Bonchev–Trinajstić information content (AvgIpc) is 3.28. The van der Waals surface area contributed by atoms with Crippen LogP contribution in [-0.4, -0.2) is 33.3 Å². The molecule has 1 aromatic heterocycles. The molecule has 0 saturated carbocycles. The van der Waals surface area contributed by atoms with Gasteiger partial charge >= 0.3 is 5.97 Å². The van der Waals surface area contributed by atoms with Crippen LogP contribution in [0.1, 0.15) is 69.4 Å². The third-order valence-corrected chi connectivity index (χ3v) is 6.80. The number of carbonyl (C=O) groups excluding carboxylic acids is 2. The van der Waals surface area contributed by atoms with E-state index in [1.165, 1.54) is 12.1 Å². The number of para-hydroxylation sites is 1. The van der Waals surface area contributed by atoms with Gasteiger partial charge in [0.2, 0.25) is 0 Å². The van der Waals surface area contributed by atoms with Gasteiger partial charge in [-0.15, -0.1) is 0 Å². The van der Waals surface area contributed by atoms with Crippen LogP contribution in [0.5, 0.6) is 0 Å². The van der Waals surface area contributed by atoms with Gasteiger partial charge in [-0.1, -0.05) is 62.4 Å². The highest BCUT2D eigenvalue weighted by molar-refractivity contribution is 6.12. The zero-order valence-electron chi connectivity index (χ0n) is 24.9. The Morgan fingerprint density at radius 3 is 2.07 bits per heavy atom. The van der Waals surface area contributed by atoms with E-state index in [4.69, 9.17) is 4.74 Å². The number of esters is 1. The van der Waals surface area contributed by atoms with Crippen molar-refractivity contribution in [3.05, 3.63) is 102 Å². The summed E-state index contributed by atoms with van der Waals surface area (Å²) in [6, 6.07) is 25.1. The van der Waals surface area contributed by atoms with E-state index in [1.807, 2.05) is 79.1 Å². The molecule has 6 nitrogen and oxygen atoms in total. The molecule has 4 aromatic rings. The number of aliphatic hydroxyl groups is 1. The second-order valence-corrected chi connectivity index (χ2v) is 11.7. The van der Waals surface area contributed by atoms with Gasteiger partial charge in [0.25, 0.3) is 5.91 Å². The Labute approximate surface area is 247 Å². The number of anilines is 1. The van der Waals surface area contributed by atoms with E-state index in [0.717, 1.165) is 28.1 Å². The molecule has 0 aliphatic rings. The monoisotopic (exact) mass is 570 g/mol. The van der Waals surface area contributed by atoms with Crippen LogP contribution in [0.2, 0.25) is 0 Å². The third-order valence-electron chi connectivity index (χ3n) is 6.80. The van der Waals surface area contributed by atoms with Crippen LogP contribution in [-0.2, 0) is 16.1 Å². The van der Waals surface area contributed by atoms with E-state index >= 15 is 0 Å². The van der Waals surface area contributed by atoms with Crippen molar-refractivity contribution in [2.24, 2.45) is 0 Å². The summed E-state index contributed by atoms with van der Waals surface area (Å²) >= 11 is 0. The number of hydrogen-bond donors (Lipinski definition) is 2. The second kappa shape index (κ2) is 13.2. The van der Waals surface area contributed by atoms with Gasteiger partial charge < -0.3 is 19.7 Å². The summed E-state index contributed by atoms with van der Waals surface area (Å²) in [6.07, 6.45) is -0.852. The lowest BCUT2D eigenvalue weighted by molar-refractivity contribution is -0.157. The fourth-order valence-corrected chi connectivity index (χ4v) is 5.16. The highest BCUT2D eigenvalue weighted by atomic mass is 19.1. The van der Waals surface area contributed by atoms with Crippen molar-refractivity contribution in [1.29, 1.82) is 0 Å². The van der Waals surface area contributed by atoms with E-state index in [-0.39, 0.29) is 30.5 Å². The zero-order valence-corrected chi connectivity index (χ0v) is 24.9. The van der Waals surface area contributed by atoms with E-state index in [0.29, 0.717) is 17.8 Å². The van der Waals surface area contributed by atoms with Crippen molar-refractivity contribution < 1.29 is 23.8 Å². The first-order valence-electron chi connectivity index (χ1n) is 14.3. The Balaban J connectivity index is 1.87. The molecule has 1 atom stereocenters. The van der Waals surface area contributed by atoms with Crippen molar-refractivity contribution in [2.75, 3.05) is 5.32 Å². The lowest BCUT2D eigenvalue weighted by Gasteiger charge is -2.21. The Morgan fingerprint density at radius 1 is 0.905 bits per heavy atom. The molecule has 1 amide bonds. The van der Waals surface area contributed by atoms with Crippen LogP contribution < -0.4 is 5.32 Å². The van der Waals surface area contributed by atoms with Crippen LogP contribution in [0, 0.1) is 5.82 Å². The number of benzene rings is 3. The Bertz CT molecular complexity index is 1500. The zero-order chi connectivity index (χ0) is 30.4. The van der Waals surface area contributed by atoms with Gasteiger partial charge in [0, 0.05) is 23.5 Å². The van der Waals surface area contributed by atoms with Gasteiger partial charge in [-0.2, -0.15) is 0 Å². The van der Waals surface area contributed by atoms with Crippen LogP contribution in [0.15, 0.2) is 84.9 Å². The number of carbonyl (C=O) groups is 2. The number of ether oxygens (including phenoxy) is 1. The van der Waals surface area contributed by atoms with Crippen molar-refractivity contribution in [1.82, 2.24) is 4.57 Å². The maximum atomic E-state index is 14.1. The van der Waals surface area contributed by atoms with Crippen LogP contribution in [0.25, 0.3) is 22.4 Å². The molecule has 1 heterocycles. The van der Waals surface area contributed by atoms with Crippen molar-refractivity contribution in [3.8, 4) is 22.4 Å². The van der Waals surface area contributed by atoms with Crippen LogP contribution in [0.4, 0.5) is 10.1 Å². The highest BCUT2D eigenvalue weighted by Crippen LogP contribution is 2.42. The molecule has 0 bridgehead atoms. The fraction of sp³-hybridized carbons (Fsp3) is 0.314. The molecule has 0 unspecified atom stereocenters. The van der Waals surface area contributed by atoms with Gasteiger partial charge in [0.15, 0.2) is 0 Å². The van der Waals surface area contributed by atoms with E-state index in [1.54, 1.807) is 32.9 Å². The molecule has 0 aliphatic carbocycles. The molecular formula is C35H39FN2O4. The number of rotatable bonds is 10. The maximum Gasteiger partial charge on any atom is 0.308 e. The Hall–Kier alpha value is -4.23. The average molecular weight is 571 g/mol. The normalized spacial score (nSPS) is 12.3. The topological polar surface area (TPSA) is 80.6 Å². The third kappa shape index (κ3) is 7.53. The van der Waals surface area contributed by atoms with E-state index in [9.17, 15) is 19.1 Å². The molecule has 0 fully saturated rings. The predicted molar refractivity (Wildman–Crippen MR) is 165 cm³/mol. The number of nitrogens with zero attached hydrogens (tertiary/aromatic N) is 1. The number of nitrogens with one attached hydrogen (secondary N) is 1. The van der Waals surface area contributed by atoms with E-state index in [2.05, 4.69) is 5.32 Å². The van der Waals surface area contributed by atoms with Gasteiger partial charge in [0.1, 0.15) is 11.4 Å². The molecule has 2 N–H and O–H groups in total. The maximum absolute atomic E-state index is 14.1. The highest BCUT2D eigenvalue weighted by Gasteiger charge is 2.31. The molecular weight excluding hydrogens is 531 g/mol. The van der Waals surface area contributed by atoms with Crippen molar-refractivity contribution in [3.63, 3.8) is 0 Å². The molecule has 220 valence electrons. The van der Waals surface area contributed by atoms with Gasteiger partial charge in [-0.05, 0) is 80.6 Å². The summed E-state index contributed by atoms with van der Waals surface area (Å²) in [5, 5.41) is 13.9. The summed E-state index contributed by atoms with van der Waals surface area (Å²) < 4.78 is 21.5. The van der Waals surface area contributed by atoms with Crippen LogP contribution in [0.3, 0.4) is 0 Å². The SMILES string of the molecule is CC(C)c1c(C(=O)Nc2ccccc2)c(-c2ccccc2)c(-c2ccc(F)cc2)n1CC[C@@H](O)CC(=O)OC(C)(C)C. The van der Waals surface area contributed by atoms with Crippen molar-refractivity contribution in [2.45, 2.75) is 71.6 Å². The number of hydrogen-bond acceptors (Lipinski definition) is 4. The Kier molecular flexibility index (Phi) is 9.63. The van der Waals surface area contributed by atoms with Gasteiger partial charge in [-0.3, -0.25) is 9.59 Å². The molecule has 0 spiro atoms. The minimum atomic E-state index is -0.954. The Morgan fingerprint density at radius 2 is 1.50 bits per heavy atom. The quantitative estimate of drug-likeness (QED) is 0.191. The molecule has 0 radical (unpaired) electrons.